The molecule has 0 amide bonds. The lowest BCUT2D eigenvalue weighted by Gasteiger charge is -2.11. The number of hydrogen-bond acceptors (Lipinski definition) is 7. The van der Waals surface area contributed by atoms with E-state index in [9.17, 15) is 10.1 Å². The van der Waals surface area contributed by atoms with Crippen LogP contribution in [0.1, 0.15) is 50.9 Å². The summed E-state index contributed by atoms with van der Waals surface area (Å²) in [7, 11) is 1.37. The highest BCUT2D eigenvalue weighted by Gasteiger charge is 2.21. The van der Waals surface area contributed by atoms with Crippen LogP contribution in [-0.4, -0.2) is 39.7 Å². The molecule has 0 unspecified atom stereocenters. The molecular formula is C17H23N5O4S. The molecule has 2 rings (SSSR count). The number of nitro groups is 1. The lowest BCUT2D eigenvalue weighted by Crippen LogP contribution is -2.05. The normalized spacial score (nSPS) is 11.3. The zero-order valence-electron chi connectivity index (χ0n) is 15.8. The standard InChI is InChI=1S/C17H23N5O4S/c1-5-12(6-2)16-19-20-17(27)21(16)18-10-11-8-13(22(23)24)15(25-4)14(9-11)26-7-3/h8-10,12H,5-7H2,1-4H3,(H,20,27)/b18-10-. The molecule has 9 nitrogen and oxygen atoms in total. The summed E-state index contributed by atoms with van der Waals surface area (Å²) >= 11 is 5.26. The van der Waals surface area contributed by atoms with Crippen LogP contribution in [0.5, 0.6) is 11.5 Å². The molecule has 10 heteroatoms. The Bertz CT molecular complexity index is 886. The van der Waals surface area contributed by atoms with Gasteiger partial charge >= 0.3 is 5.69 Å². The van der Waals surface area contributed by atoms with Crippen molar-refractivity contribution in [2.45, 2.75) is 39.5 Å². The van der Waals surface area contributed by atoms with Gasteiger partial charge in [-0.05, 0) is 38.0 Å². The molecule has 1 aromatic heterocycles. The molecule has 0 aliphatic rings. The number of methoxy groups -OCH3 is 1. The number of aromatic nitrogens is 3. The van der Waals surface area contributed by atoms with Crippen molar-refractivity contribution in [3.05, 3.63) is 38.4 Å². The highest BCUT2D eigenvalue weighted by molar-refractivity contribution is 7.71. The molecule has 2 aromatic rings. The predicted octanol–water partition coefficient (Wildman–Crippen LogP) is 4.04. The van der Waals surface area contributed by atoms with Gasteiger partial charge in [-0.3, -0.25) is 15.2 Å². The van der Waals surface area contributed by atoms with Crippen molar-refractivity contribution in [1.82, 2.24) is 14.9 Å². The first-order chi connectivity index (χ1) is 13.0. The Morgan fingerprint density at radius 3 is 2.67 bits per heavy atom. The van der Waals surface area contributed by atoms with Gasteiger partial charge in [0, 0.05) is 17.5 Å². The topological polar surface area (TPSA) is 108 Å². The largest absolute Gasteiger partial charge is 0.490 e. The van der Waals surface area contributed by atoms with Gasteiger partial charge in [-0.25, -0.2) is 0 Å². The number of nitrogens with zero attached hydrogens (tertiary/aromatic N) is 4. The second kappa shape index (κ2) is 9.26. The Kier molecular flexibility index (Phi) is 7.05. The van der Waals surface area contributed by atoms with Gasteiger partial charge in [-0.1, -0.05) is 13.8 Å². The molecular weight excluding hydrogens is 370 g/mol. The quantitative estimate of drug-likeness (QED) is 0.298. The fraction of sp³-hybridized carbons (Fsp3) is 0.471. The van der Waals surface area contributed by atoms with Crippen molar-refractivity contribution in [3.8, 4) is 11.5 Å². The summed E-state index contributed by atoms with van der Waals surface area (Å²) in [6, 6.07) is 3.02. The van der Waals surface area contributed by atoms with E-state index in [0.717, 1.165) is 18.7 Å². The highest BCUT2D eigenvalue weighted by atomic mass is 32.1. The average molecular weight is 393 g/mol. The molecule has 0 bridgehead atoms. The van der Waals surface area contributed by atoms with Crippen LogP contribution < -0.4 is 9.47 Å². The van der Waals surface area contributed by atoms with Gasteiger partial charge in [0.25, 0.3) is 0 Å². The van der Waals surface area contributed by atoms with Gasteiger partial charge in [0.1, 0.15) is 0 Å². The van der Waals surface area contributed by atoms with Crippen LogP contribution in [-0.2, 0) is 0 Å². The van der Waals surface area contributed by atoms with Gasteiger partial charge in [-0.15, -0.1) is 0 Å². The van der Waals surface area contributed by atoms with Crippen molar-refractivity contribution in [3.63, 3.8) is 0 Å². The van der Waals surface area contributed by atoms with Crippen LogP contribution in [0.25, 0.3) is 0 Å². The Morgan fingerprint density at radius 2 is 2.11 bits per heavy atom. The minimum atomic E-state index is -0.516. The number of rotatable bonds is 9. The van der Waals surface area contributed by atoms with Gasteiger partial charge in [0.05, 0.1) is 24.9 Å². The number of nitro benzene ring substituents is 1. The van der Waals surface area contributed by atoms with Crippen LogP contribution in [0, 0.1) is 14.9 Å². The lowest BCUT2D eigenvalue weighted by molar-refractivity contribution is -0.385. The van der Waals surface area contributed by atoms with Crippen molar-refractivity contribution in [1.29, 1.82) is 0 Å². The van der Waals surface area contributed by atoms with Crippen molar-refractivity contribution in [2.24, 2.45) is 5.10 Å². The summed E-state index contributed by atoms with van der Waals surface area (Å²) in [5.41, 5.74) is 0.297. The summed E-state index contributed by atoms with van der Waals surface area (Å²) in [5, 5.41) is 22.8. The smallest absolute Gasteiger partial charge is 0.315 e. The monoisotopic (exact) mass is 393 g/mol. The van der Waals surface area contributed by atoms with Gasteiger partial charge < -0.3 is 9.47 Å². The fourth-order valence-corrected chi connectivity index (χ4v) is 2.93. The zero-order valence-corrected chi connectivity index (χ0v) is 16.6. The number of nitrogens with one attached hydrogen (secondary N) is 1. The van der Waals surface area contributed by atoms with Crippen molar-refractivity contribution < 1.29 is 14.4 Å². The maximum atomic E-state index is 11.4. The van der Waals surface area contributed by atoms with E-state index >= 15 is 0 Å². The first-order valence-electron chi connectivity index (χ1n) is 8.67. The minimum Gasteiger partial charge on any atom is -0.490 e. The van der Waals surface area contributed by atoms with Gasteiger partial charge in [0.15, 0.2) is 11.6 Å². The molecule has 0 aliphatic heterocycles. The van der Waals surface area contributed by atoms with Crippen LogP contribution in [0.2, 0.25) is 0 Å². The molecule has 0 saturated heterocycles. The Balaban J connectivity index is 2.50. The Labute approximate surface area is 162 Å². The molecule has 0 spiro atoms. The van der Waals surface area contributed by atoms with Crippen molar-refractivity contribution >= 4 is 24.1 Å². The van der Waals surface area contributed by atoms with Crippen LogP contribution >= 0.6 is 12.2 Å². The molecule has 27 heavy (non-hydrogen) atoms. The van der Waals surface area contributed by atoms with E-state index in [2.05, 4.69) is 29.1 Å². The van der Waals surface area contributed by atoms with E-state index in [0.29, 0.717) is 16.9 Å². The second-order valence-corrected chi connectivity index (χ2v) is 6.10. The predicted molar refractivity (Wildman–Crippen MR) is 105 cm³/mol. The Hall–Kier alpha value is -2.75. The van der Waals surface area contributed by atoms with Gasteiger partial charge in [0.2, 0.25) is 10.5 Å². The zero-order chi connectivity index (χ0) is 20.0. The first-order valence-corrected chi connectivity index (χ1v) is 9.08. The SMILES string of the molecule is CCOc1cc(/C=N\n2c(C(CC)CC)n[nH]c2=S)cc([N+](=O)[O-])c1OC. The maximum absolute atomic E-state index is 11.4. The third-order valence-electron chi connectivity index (χ3n) is 4.11. The van der Waals surface area contributed by atoms with Crippen LogP contribution in [0.3, 0.4) is 0 Å². The summed E-state index contributed by atoms with van der Waals surface area (Å²) in [6.45, 7) is 6.28. The summed E-state index contributed by atoms with van der Waals surface area (Å²) in [5.74, 6) is 1.30. The van der Waals surface area contributed by atoms with Gasteiger partial charge in [-0.2, -0.15) is 14.9 Å². The maximum Gasteiger partial charge on any atom is 0.315 e. The number of H-pyrrole nitrogens is 1. The number of hydrogen-bond donors (Lipinski definition) is 1. The van der Waals surface area contributed by atoms with Crippen LogP contribution in [0.15, 0.2) is 17.2 Å². The molecule has 0 aliphatic carbocycles. The molecule has 0 fully saturated rings. The van der Waals surface area contributed by atoms with E-state index in [-0.39, 0.29) is 23.1 Å². The summed E-state index contributed by atoms with van der Waals surface area (Å²) in [4.78, 5) is 10.9. The Morgan fingerprint density at radius 1 is 1.41 bits per heavy atom. The molecule has 1 heterocycles. The third-order valence-corrected chi connectivity index (χ3v) is 4.37. The van der Waals surface area contributed by atoms with E-state index in [4.69, 9.17) is 21.7 Å². The van der Waals surface area contributed by atoms with Crippen LogP contribution in [0.4, 0.5) is 5.69 Å². The first kappa shape index (κ1) is 20.6. The molecule has 0 saturated carbocycles. The third kappa shape index (κ3) is 4.51. The van der Waals surface area contributed by atoms with E-state index < -0.39 is 4.92 Å². The number of benzene rings is 1. The molecule has 1 N–H and O–H groups in total. The second-order valence-electron chi connectivity index (χ2n) is 5.72. The summed E-state index contributed by atoms with van der Waals surface area (Å²) in [6.07, 6.45) is 3.29. The van der Waals surface area contributed by atoms with E-state index in [1.54, 1.807) is 17.7 Å². The average Bonchev–Trinajstić information content (AvgIpc) is 3.01. The van der Waals surface area contributed by atoms with Crippen molar-refractivity contribution in [2.75, 3.05) is 13.7 Å². The van der Waals surface area contributed by atoms with E-state index in [1.807, 2.05) is 0 Å². The van der Waals surface area contributed by atoms with E-state index in [1.165, 1.54) is 19.4 Å². The molecule has 0 radical (unpaired) electrons. The molecule has 146 valence electrons. The minimum absolute atomic E-state index is 0.0802. The number of aromatic amines is 1. The lowest BCUT2D eigenvalue weighted by atomic mass is 10.0. The molecule has 0 atom stereocenters. The highest BCUT2D eigenvalue weighted by Crippen LogP contribution is 2.37. The molecule has 1 aromatic carbocycles. The number of ether oxygens (including phenoxy) is 2. The summed E-state index contributed by atoms with van der Waals surface area (Å²) < 4.78 is 12.5. The fourth-order valence-electron chi connectivity index (χ4n) is 2.74.